The Morgan fingerprint density at radius 3 is 2.65 bits per heavy atom. The zero-order chi connectivity index (χ0) is 21.7. The minimum Gasteiger partial charge on any atom is -0.338 e. The minimum absolute atomic E-state index is 0.287. The summed E-state index contributed by atoms with van der Waals surface area (Å²) in [6.45, 7) is 5.25. The molecular formula is C23H20ClN5OS. The molecule has 0 radical (unpaired) electrons. The summed E-state index contributed by atoms with van der Waals surface area (Å²) in [5, 5.41) is 0.938. The molecule has 8 heteroatoms. The van der Waals surface area contributed by atoms with E-state index in [2.05, 4.69) is 38.1 Å². The number of nitrogens with one attached hydrogen (secondary N) is 1. The van der Waals surface area contributed by atoms with Crippen LogP contribution in [0, 0.1) is 18.5 Å². The minimum atomic E-state index is -0.287. The molecule has 1 N–H and O–H groups in total. The molecule has 31 heavy (non-hydrogen) atoms. The Bertz CT molecular complexity index is 1460. The van der Waals surface area contributed by atoms with Gasteiger partial charge in [0, 0.05) is 18.1 Å². The first-order valence-electron chi connectivity index (χ1n) is 10.0. The Balaban J connectivity index is 1.65. The van der Waals surface area contributed by atoms with Crippen molar-refractivity contribution in [3.05, 3.63) is 85.0 Å². The van der Waals surface area contributed by atoms with E-state index in [0.717, 1.165) is 24.2 Å². The van der Waals surface area contributed by atoms with Crippen molar-refractivity contribution in [3.8, 4) is 5.69 Å². The average Bonchev–Trinajstić information content (AvgIpc) is 2.75. The topological polar surface area (TPSA) is 66.8 Å². The molecule has 0 aliphatic carbocycles. The van der Waals surface area contributed by atoms with Crippen LogP contribution in [0.4, 0.5) is 5.95 Å². The normalized spacial score (nSPS) is 13.5. The maximum absolute atomic E-state index is 13.1. The van der Waals surface area contributed by atoms with Crippen LogP contribution in [0.2, 0.25) is 5.02 Å². The molecule has 3 heterocycles. The molecule has 0 amide bonds. The molecule has 0 saturated carbocycles. The number of rotatable bonds is 2. The van der Waals surface area contributed by atoms with Crippen molar-refractivity contribution >= 4 is 40.8 Å². The molecule has 2 aromatic carbocycles. The van der Waals surface area contributed by atoms with Crippen LogP contribution in [0.5, 0.6) is 0 Å². The number of hydrogen-bond acceptors (Lipinski definition) is 5. The van der Waals surface area contributed by atoms with Crippen molar-refractivity contribution in [1.82, 2.24) is 19.5 Å². The lowest BCUT2D eigenvalue weighted by atomic mass is 10.0. The van der Waals surface area contributed by atoms with Crippen molar-refractivity contribution in [1.29, 1.82) is 0 Å². The van der Waals surface area contributed by atoms with Crippen molar-refractivity contribution < 1.29 is 0 Å². The third-order valence-corrected chi connectivity index (χ3v) is 6.60. The van der Waals surface area contributed by atoms with Gasteiger partial charge in [-0.05, 0) is 49.1 Å². The highest BCUT2D eigenvalue weighted by Gasteiger charge is 2.20. The lowest BCUT2D eigenvalue weighted by Crippen LogP contribution is -2.33. The predicted molar refractivity (Wildman–Crippen MR) is 126 cm³/mol. The smallest absolute Gasteiger partial charge is 0.264 e. The van der Waals surface area contributed by atoms with Crippen LogP contribution in [0.1, 0.15) is 22.5 Å². The van der Waals surface area contributed by atoms with Gasteiger partial charge < -0.3 is 4.90 Å². The third kappa shape index (κ3) is 3.34. The van der Waals surface area contributed by atoms with Gasteiger partial charge in [0.25, 0.3) is 5.56 Å². The Morgan fingerprint density at radius 2 is 1.84 bits per heavy atom. The van der Waals surface area contributed by atoms with Gasteiger partial charge >= 0.3 is 0 Å². The number of H-pyrrole nitrogens is 1. The number of benzene rings is 2. The summed E-state index contributed by atoms with van der Waals surface area (Å²) >= 11 is 12.0. The van der Waals surface area contributed by atoms with E-state index in [0.29, 0.717) is 39.0 Å². The fourth-order valence-electron chi connectivity index (χ4n) is 4.13. The molecule has 0 fully saturated rings. The van der Waals surface area contributed by atoms with Crippen LogP contribution in [0.25, 0.3) is 16.7 Å². The Morgan fingerprint density at radius 1 is 1.06 bits per heavy atom. The van der Waals surface area contributed by atoms with Crippen LogP contribution in [0.3, 0.4) is 0 Å². The number of aromatic amines is 1. The van der Waals surface area contributed by atoms with Crippen molar-refractivity contribution in [3.63, 3.8) is 0 Å². The molecule has 1 aliphatic heterocycles. The van der Waals surface area contributed by atoms with Crippen LogP contribution < -0.4 is 10.5 Å². The molecule has 2 aromatic heterocycles. The number of anilines is 1. The molecule has 4 aromatic rings. The highest BCUT2D eigenvalue weighted by molar-refractivity contribution is 7.71. The van der Waals surface area contributed by atoms with E-state index in [1.54, 1.807) is 4.57 Å². The Labute approximate surface area is 189 Å². The van der Waals surface area contributed by atoms with Crippen LogP contribution >= 0.6 is 23.8 Å². The fraction of sp³-hybridized carbons (Fsp3) is 0.217. The summed E-state index contributed by atoms with van der Waals surface area (Å²) in [6.07, 6.45) is 0.902. The second-order valence-electron chi connectivity index (χ2n) is 7.71. The first kappa shape index (κ1) is 19.9. The summed E-state index contributed by atoms with van der Waals surface area (Å²) in [5.74, 6) is 1.17. The summed E-state index contributed by atoms with van der Waals surface area (Å²) in [5.41, 5.74) is 4.33. The van der Waals surface area contributed by atoms with Crippen LogP contribution in [0.15, 0.2) is 47.3 Å². The van der Waals surface area contributed by atoms with E-state index in [9.17, 15) is 4.79 Å². The van der Waals surface area contributed by atoms with Gasteiger partial charge in [-0.25, -0.2) is 4.98 Å². The SMILES string of the molecule is Cc1c(Cl)cccc1-n1c(C)nc2nc(N3CCc4ccccc4C3)[nH]c(=O)c2c1=S. The van der Waals surface area contributed by atoms with Gasteiger partial charge in [0.2, 0.25) is 5.95 Å². The first-order chi connectivity index (χ1) is 14.9. The molecule has 0 spiro atoms. The Hall–Kier alpha value is -3.03. The monoisotopic (exact) mass is 449 g/mol. The van der Waals surface area contributed by atoms with Gasteiger partial charge in [-0.3, -0.25) is 14.3 Å². The molecule has 0 bridgehead atoms. The van der Waals surface area contributed by atoms with E-state index in [-0.39, 0.29) is 5.56 Å². The lowest BCUT2D eigenvalue weighted by molar-refractivity contribution is 0.707. The van der Waals surface area contributed by atoms with Crippen LogP contribution in [-0.2, 0) is 13.0 Å². The lowest BCUT2D eigenvalue weighted by Gasteiger charge is -2.29. The standard InChI is InChI=1S/C23H20ClN5OS/c1-13-17(24)8-5-9-18(13)29-14(2)25-20-19(22(29)31)21(30)27-23(26-20)28-11-10-15-6-3-4-7-16(15)12-28/h3-9H,10-12H2,1-2H3,(H,26,27,30). The summed E-state index contributed by atoms with van der Waals surface area (Å²) in [7, 11) is 0. The summed E-state index contributed by atoms with van der Waals surface area (Å²) in [4.78, 5) is 27.4. The van der Waals surface area contributed by atoms with Crippen LogP contribution in [-0.4, -0.2) is 26.1 Å². The molecule has 156 valence electrons. The van der Waals surface area contributed by atoms with Gasteiger partial charge in [0.1, 0.15) is 15.9 Å². The molecule has 0 atom stereocenters. The number of halogens is 1. The zero-order valence-corrected chi connectivity index (χ0v) is 18.7. The maximum Gasteiger partial charge on any atom is 0.264 e. The van der Waals surface area contributed by atoms with Crippen molar-refractivity contribution in [2.75, 3.05) is 11.4 Å². The molecule has 5 rings (SSSR count). The molecular weight excluding hydrogens is 430 g/mol. The third-order valence-electron chi connectivity index (χ3n) is 5.81. The molecule has 6 nitrogen and oxygen atoms in total. The second kappa shape index (κ2) is 7.59. The maximum atomic E-state index is 13.1. The molecule has 0 saturated heterocycles. The fourth-order valence-corrected chi connectivity index (χ4v) is 4.72. The van der Waals surface area contributed by atoms with Gasteiger partial charge in [-0.2, -0.15) is 4.98 Å². The summed E-state index contributed by atoms with van der Waals surface area (Å²) < 4.78 is 2.16. The quantitative estimate of drug-likeness (QED) is 0.450. The Kier molecular flexibility index (Phi) is 4.87. The van der Waals surface area contributed by atoms with Gasteiger partial charge in [0.05, 0.1) is 5.69 Å². The van der Waals surface area contributed by atoms with Gasteiger partial charge in [0.15, 0.2) is 5.65 Å². The number of aryl methyl sites for hydroxylation is 1. The van der Waals surface area contributed by atoms with E-state index in [1.165, 1.54) is 11.1 Å². The molecule has 1 aliphatic rings. The number of aromatic nitrogens is 4. The molecule has 0 unspecified atom stereocenters. The zero-order valence-electron chi connectivity index (χ0n) is 17.1. The van der Waals surface area contributed by atoms with E-state index < -0.39 is 0 Å². The number of nitrogens with zero attached hydrogens (tertiary/aromatic N) is 4. The number of hydrogen-bond donors (Lipinski definition) is 1. The second-order valence-corrected chi connectivity index (χ2v) is 8.51. The highest BCUT2D eigenvalue weighted by Crippen LogP contribution is 2.26. The van der Waals surface area contributed by atoms with E-state index >= 15 is 0 Å². The largest absolute Gasteiger partial charge is 0.338 e. The van der Waals surface area contributed by atoms with Crippen molar-refractivity contribution in [2.24, 2.45) is 0 Å². The van der Waals surface area contributed by atoms with E-state index in [4.69, 9.17) is 23.8 Å². The first-order valence-corrected chi connectivity index (χ1v) is 10.8. The summed E-state index contributed by atoms with van der Waals surface area (Å²) in [6, 6.07) is 13.9. The average molecular weight is 450 g/mol. The van der Waals surface area contributed by atoms with Crippen molar-refractivity contribution in [2.45, 2.75) is 26.8 Å². The van der Waals surface area contributed by atoms with Gasteiger partial charge in [-0.15, -0.1) is 0 Å². The highest BCUT2D eigenvalue weighted by atomic mass is 35.5. The predicted octanol–water partition coefficient (Wildman–Crippen LogP) is 4.67. The van der Waals surface area contributed by atoms with E-state index in [1.807, 2.05) is 38.1 Å². The number of fused-ring (bicyclic) bond motifs is 2. The van der Waals surface area contributed by atoms with Gasteiger partial charge in [-0.1, -0.05) is 54.2 Å².